The van der Waals surface area contributed by atoms with E-state index in [-0.39, 0.29) is 23.4 Å². The second-order valence-corrected chi connectivity index (χ2v) is 10.4. The highest BCUT2D eigenvalue weighted by Gasteiger charge is 2.42. The number of benzene rings is 1. The van der Waals surface area contributed by atoms with Gasteiger partial charge in [-0.3, -0.25) is 4.79 Å². The number of likely N-dealkylation sites (tertiary alicyclic amines) is 1. The first kappa shape index (κ1) is 22.6. The molecule has 32 heavy (non-hydrogen) atoms. The molecule has 8 nitrogen and oxygen atoms in total. The third-order valence-corrected chi connectivity index (χ3v) is 8.39. The Morgan fingerprint density at radius 3 is 2.53 bits per heavy atom. The summed E-state index contributed by atoms with van der Waals surface area (Å²) in [6.07, 6.45) is 6.90. The van der Waals surface area contributed by atoms with Crippen molar-refractivity contribution in [3.63, 3.8) is 0 Å². The van der Waals surface area contributed by atoms with Gasteiger partial charge in [0.15, 0.2) is 11.5 Å². The fourth-order valence-corrected chi connectivity index (χ4v) is 6.11. The summed E-state index contributed by atoms with van der Waals surface area (Å²) in [7, 11) is 0.397. The zero-order valence-corrected chi connectivity index (χ0v) is 19.9. The lowest BCUT2D eigenvalue weighted by molar-refractivity contribution is -0.135. The molecule has 0 unspecified atom stereocenters. The van der Waals surface area contributed by atoms with Crippen LogP contribution in [0, 0.1) is 11.8 Å². The Balaban J connectivity index is 1.71. The van der Waals surface area contributed by atoms with Gasteiger partial charge < -0.3 is 14.4 Å². The summed E-state index contributed by atoms with van der Waals surface area (Å²) < 4.78 is 41.2. The molecule has 2 aliphatic heterocycles. The van der Waals surface area contributed by atoms with Crippen LogP contribution in [-0.4, -0.2) is 63.1 Å². The number of hydrogen-bond donors (Lipinski definition) is 0. The summed E-state index contributed by atoms with van der Waals surface area (Å²) in [5.41, 5.74) is 0.870. The zero-order valence-electron chi connectivity index (χ0n) is 19.1. The van der Waals surface area contributed by atoms with Crippen LogP contribution in [0.1, 0.15) is 44.6 Å². The van der Waals surface area contributed by atoms with E-state index in [0.717, 1.165) is 30.0 Å². The summed E-state index contributed by atoms with van der Waals surface area (Å²) in [6, 6.07) is 5.23. The van der Waals surface area contributed by atoms with Crippen molar-refractivity contribution in [3.05, 3.63) is 35.5 Å². The molecule has 1 amide bonds. The maximum atomic E-state index is 13.7. The van der Waals surface area contributed by atoms with Gasteiger partial charge in [0.2, 0.25) is 0 Å². The van der Waals surface area contributed by atoms with Crippen molar-refractivity contribution in [2.75, 3.05) is 27.8 Å². The number of hydrogen-bond acceptors (Lipinski definition) is 5. The molecular formula is C23H31N3O5S. The Morgan fingerprint density at radius 2 is 1.81 bits per heavy atom. The van der Waals surface area contributed by atoms with Gasteiger partial charge in [-0.05, 0) is 55.4 Å². The highest BCUT2D eigenvalue weighted by atomic mass is 32.2. The lowest BCUT2D eigenvalue weighted by atomic mass is 9.72. The predicted octanol–water partition coefficient (Wildman–Crippen LogP) is 2.99. The van der Waals surface area contributed by atoms with Gasteiger partial charge in [-0.25, -0.2) is 4.31 Å². The van der Waals surface area contributed by atoms with Gasteiger partial charge in [-0.1, -0.05) is 19.8 Å². The van der Waals surface area contributed by atoms with E-state index in [0.29, 0.717) is 35.4 Å². The van der Waals surface area contributed by atoms with Gasteiger partial charge in [-0.15, -0.1) is 4.40 Å². The molecule has 1 saturated carbocycles. The first-order valence-corrected chi connectivity index (χ1v) is 12.5. The molecule has 1 aliphatic carbocycles. The van der Waals surface area contributed by atoms with Gasteiger partial charge >= 0.3 is 10.2 Å². The molecule has 0 bridgehead atoms. The molecule has 0 spiro atoms. The summed E-state index contributed by atoms with van der Waals surface area (Å²) in [6.45, 7) is 2.91. The number of ether oxygens (including phenoxy) is 2. The fourth-order valence-electron chi connectivity index (χ4n) is 5.20. The summed E-state index contributed by atoms with van der Waals surface area (Å²) in [4.78, 5) is 15.6. The summed E-state index contributed by atoms with van der Waals surface area (Å²) in [5.74, 6) is 1.80. The molecule has 4 rings (SSSR count). The number of carbonyl (C=O) groups excluding carboxylic acids is 1. The summed E-state index contributed by atoms with van der Waals surface area (Å²) in [5, 5.41) is 0. The topological polar surface area (TPSA) is 88.5 Å². The minimum Gasteiger partial charge on any atom is -0.493 e. The first-order valence-electron chi connectivity index (χ1n) is 11.1. The quantitative estimate of drug-likeness (QED) is 0.688. The van der Waals surface area contributed by atoms with E-state index in [1.165, 1.54) is 27.7 Å². The number of amides is 1. The SMILES string of the molecule is COc1ccc(C2=NS(=O)(=O)N(C)C(C(=O)N3CC[C@H](C)[C@H]4CCCC[C@@H]43)=C2)cc1OC. The number of likely N-dealkylation sites (N-methyl/N-ethyl adjacent to an activating group) is 1. The third-order valence-electron chi connectivity index (χ3n) is 7.07. The van der Waals surface area contributed by atoms with Gasteiger partial charge in [0.05, 0.1) is 19.9 Å². The van der Waals surface area contributed by atoms with E-state index in [4.69, 9.17) is 9.47 Å². The molecular weight excluding hydrogens is 430 g/mol. The minimum absolute atomic E-state index is 0.128. The van der Waals surface area contributed by atoms with Gasteiger partial charge in [0.1, 0.15) is 5.70 Å². The Bertz CT molecular complexity index is 1070. The lowest BCUT2D eigenvalue weighted by Gasteiger charge is -2.47. The minimum atomic E-state index is -4.03. The smallest absolute Gasteiger partial charge is 0.345 e. The maximum absolute atomic E-state index is 13.7. The van der Waals surface area contributed by atoms with Crippen LogP contribution in [0.15, 0.2) is 34.4 Å². The molecule has 1 aromatic rings. The number of methoxy groups -OCH3 is 2. The van der Waals surface area contributed by atoms with Crippen molar-refractivity contribution >= 4 is 21.8 Å². The van der Waals surface area contributed by atoms with E-state index >= 15 is 0 Å². The molecule has 1 aromatic carbocycles. The van der Waals surface area contributed by atoms with Crippen molar-refractivity contribution in [3.8, 4) is 11.5 Å². The van der Waals surface area contributed by atoms with Crippen molar-refractivity contribution < 1.29 is 22.7 Å². The van der Waals surface area contributed by atoms with Crippen molar-refractivity contribution in [2.45, 2.75) is 45.1 Å². The molecule has 9 heteroatoms. The average Bonchev–Trinajstić information content (AvgIpc) is 2.80. The van der Waals surface area contributed by atoms with Crippen molar-refractivity contribution in [1.29, 1.82) is 0 Å². The fraction of sp³-hybridized carbons (Fsp3) is 0.565. The number of piperidine rings is 1. The van der Waals surface area contributed by atoms with Gasteiger partial charge in [0.25, 0.3) is 5.91 Å². The Kier molecular flexibility index (Phi) is 6.20. The molecule has 0 aromatic heterocycles. The Labute approximate surface area is 190 Å². The molecule has 0 radical (unpaired) electrons. The van der Waals surface area contributed by atoms with E-state index in [9.17, 15) is 13.2 Å². The Morgan fingerprint density at radius 1 is 1.09 bits per heavy atom. The number of rotatable bonds is 4. The molecule has 1 saturated heterocycles. The highest BCUT2D eigenvalue weighted by molar-refractivity contribution is 7.88. The monoisotopic (exact) mass is 461 g/mol. The van der Waals surface area contributed by atoms with Crippen LogP contribution in [0.5, 0.6) is 11.5 Å². The van der Waals surface area contributed by atoms with Crippen molar-refractivity contribution in [1.82, 2.24) is 9.21 Å². The molecule has 3 aliphatic rings. The number of fused-ring (bicyclic) bond motifs is 1. The second kappa shape index (κ2) is 8.77. The van der Waals surface area contributed by atoms with Crippen LogP contribution >= 0.6 is 0 Å². The predicted molar refractivity (Wildman–Crippen MR) is 122 cm³/mol. The van der Waals surface area contributed by atoms with Crippen LogP contribution in [0.25, 0.3) is 0 Å². The maximum Gasteiger partial charge on any atom is 0.345 e. The highest BCUT2D eigenvalue weighted by Crippen LogP contribution is 2.40. The van der Waals surface area contributed by atoms with Gasteiger partial charge in [0, 0.05) is 25.2 Å². The molecule has 2 fully saturated rings. The number of allylic oxidation sites excluding steroid dienone is 1. The standard InChI is InChI=1S/C23H31N3O5S/c1-15-11-12-26(19-8-6-5-7-17(15)19)23(27)20-14-18(24-32(28,29)25(20)2)16-9-10-21(30-3)22(13-16)31-4/h9-10,13-15,17,19H,5-8,11-12H2,1-4H3/t15-,17+,19-/m0/s1. The lowest BCUT2D eigenvalue weighted by Crippen LogP contribution is -2.54. The molecule has 174 valence electrons. The Hall–Kier alpha value is -2.55. The largest absolute Gasteiger partial charge is 0.493 e. The normalized spacial score (nSPS) is 27.2. The second-order valence-electron chi connectivity index (χ2n) is 8.80. The number of carbonyl (C=O) groups is 1. The molecule has 3 atom stereocenters. The average molecular weight is 462 g/mol. The van der Waals surface area contributed by atoms with E-state index in [1.54, 1.807) is 24.3 Å². The first-order chi connectivity index (χ1) is 15.3. The summed E-state index contributed by atoms with van der Waals surface area (Å²) >= 11 is 0. The van der Waals surface area contributed by atoms with E-state index < -0.39 is 10.2 Å². The van der Waals surface area contributed by atoms with Gasteiger partial charge in [-0.2, -0.15) is 8.42 Å². The molecule has 2 heterocycles. The van der Waals surface area contributed by atoms with Crippen LogP contribution in [0.2, 0.25) is 0 Å². The van der Waals surface area contributed by atoms with E-state index in [1.807, 2.05) is 4.90 Å². The zero-order chi connectivity index (χ0) is 23.0. The van der Waals surface area contributed by atoms with Crippen LogP contribution in [-0.2, 0) is 15.0 Å². The van der Waals surface area contributed by atoms with Crippen LogP contribution in [0.4, 0.5) is 0 Å². The molecule has 0 N–H and O–H groups in total. The van der Waals surface area contributed by atoms with E-state index in [2.05, 4.69) is 11.3 Å². The number of nitrogens with zero attached hydrogens (tertiary/aromatic N) is 3. The van der Waals surface area contributed by atoms with Crippen molar-refractivity contribution in [2.24, 2.45) is 16.2 Å². The van der Waals surface area contributed by atoms with Crippen LogP contribution < -0.4 is 9.47 Å². The third kappa shape index (κ3) is 3.98. The van der Waals surface area contributed by atoms with Crippen LogP contribution in [0.3, 0.4) is 0 Å².